The summed E-state index contributed by atoms with van der Waals surface area (Å²) in [4.78, 5) is 2.42. The number of para-hydroxylation sites is 1. The van der Waals surface area contributed by atoms with E-state index in [0.717, 1.165) is 57.6 Å². The molecule has 5 aromatic carbocycles. The van der Waals surface area contributed by atoms with Gasteiger partial charge in [-0.15, -0.1) is 6.42 Å². The van der Waals surface area contributed by atoms with Crippen molar-refractivity contribution in [3.8, 4) is 45.7 Å². The van der Waals surface area contributed by atoms with Crippen LogP contribution in [0.3, 0.4) is 0 Å². The lowest BCUT2D eigenvalue weighted by molar-refractivity contribution is 0.604. The zero-order valence-electron chi connectivity index (χ0n) is 37.5. The number of allylic oxidation sites excluding steroid dienone is 13. The van der Waals surface area contributed by atoms with Gasteiger partial charge >= 0.3 is 0 Å². The van der Waals surface area contributed by atoms with E-state index in [1.165, 1.54) is 44.5 Å². The smallest absolute Gasteiger partial charge is 0.143 e. The molecule has 1 aromatic heterocycles. The van der Waals surface area contributed by atoms with Crippen LogP contribution in [-0.2, 0) is 5.41 Å². The molecule has 0 fully saturated rings. The second kappa shape index (κ2) is 20.0. The molecule has 63 heavy (non-hydrogen) atoms. The van der Waals surface area contributed by atoms with Crippen LogP contribution in [0.4, 0.5) is 11.4 Å². The molecule has 0 atom stereocenters. The Morgan fingerprint density at radius 3 is 2.02 bits per heavy atom. The average molecular weight is 820 g/mol. The van der Waals surface area contributed by atoms with Gasteiger partial charge in [0.25, 0.3) is 0 Å². The zero-order valence-corrected chi connectivity index (χ0v) is 37.5. The number of benzene rings is 5. The van der Waals surface area contributed by atoms with Gasteiger partial charge in [0.15, 0.2) is 0 Å². The van der Waals surface area contributed by atoms with E-state index in [1.54, 1.807) is 6.08 Å². The molecule has 2 nitrogen and oxygen atoms in total. The summed E-state index contributed by atoms with van der Waals surface area (Å²) in [7, 11) is 0. The fourth-order valence-corrected chi connectivity index (χ4v) is 8.59. The van der Waals surface area contributed by atoms with E-state index < -0.39 is 0 Å². The summed E-state index contributed by atoms with van der Waals surface area (Å²) in [5, 5.41) is 0.946. The monoisotopic (exact) mass is 819 g/mol. The maximum absolute atomic E-state index is 6.39. The Morgan fingerprint density at radius 1 is 0.635 bits per heavy atom. The summed E-state index contributed by atoms with van der Waals surface area (Å²) >= 11 is 0. The lowest BCUT2D eigenvalue weighted by Crippen LogP contribution is -2.20. The van der Waals surface area contributed by atoms with Crippen LogP contribution >= 0.6 is 0 Å². The van der Waals surface area contributed by atoms with Crippen LogP contribution < -0.4 is 4.90 Å². The Hall–Kier alpha value is -7.34. The summed E-state index contributed by atoms with van der Waals surface area (Å²) in [5.41, 5.74) is 16.8. The summed E-state index contributed by atoms with van der Waals surface area (Å²) < 4.78 is 6.39. The van der Waals surface area contributed by atoms with E-state index in [2.05, 4.69) is 171 Å². The van der Waals surface area contributed by atoms with Gasteiger partial charge in [0, 0.05) is 33.4 Å². The third-order valence-corrected chi connectivity index (χ3v) is 11.7. The molecule has 0 amide bonds. The first-order chi connectivity index (χ1) is 30.9. The molecule has 2 aliphatic carbocycles. The minimum absolute atomic E-state index is 0.214. The zero-order chi connectivity index (χ0) is 44.3. The Balaban J connectivity index is 0.00000293. The van der Waals surface area contributed by atoms with Gasteiger partial charge in [-0.25, -0.2) is 0 Å². The van der Waals surface area contributed by atoms with Crippen LogP contribution in [0.5, 0.6) is 0 Å². The topological polar surface area (TPSA) is 16.4 Å². The summed E-state index contributed by atoms with van der Waals surface area (Å²) in [6.07, 6.45) is 39.0. The maximum atomic E-state index is 6.39. The largest absolute Gasteiger partial charge is 0.455 e. The lowest BCUT2D eigenvalue weighted by atomic mass is 9.81. The molecule has 0 radical (unpaired) electrons. The Labute approximate surface area is 375 Å². The van der Waals surface area contributed by atoms with E-state index in [1.807, 2.05) is 76.3 Å². The summed E-state index contributed by atoms with van der Waals surface area (Å²) in [6, 6.07) is 37.9. The fourth-order valence-electron chi connectivity index (χ4n) is 8.59. The van der Waals surface area contributed by atoms with E-state index in [-0.39, 0.29) is 5.41 Å². The highest BCUT2D eigenvalue weighted by atomic mass is 16.3. The lowest BCUT2D eigenvalue weighted by Gasteiger charge is -2.32. The molecule has 1 heterocycles. The Kier molecular flexibility index (Phi) is 13.9. The van der Waals surface area contributed by atoms with Crippen molar-refractivity contribution in [3.63, 3.8) is 0 Å². The van der Waals surface area contributed by atoms with Gasteiger partial charge in [0.05, 0.1) is 5.56 Å². The van der Waals surface area contributed by atoms with Crippen LogP contribution in [-0.4, -0.2) is 0 Å². The van der Waals surface area contributed by atoms with E-state index in [9.17, 15) is 0 Å². The predicted octanol–water partition coefficient (Wildman–Crippen LogP) is 17.3. The van der Waals surface area contributed by atoms with Crippen LogP contribution in [0.15, 0.2) is 204 Å². The number of anilines is 2. The van der Waals surface area contributed by atoms with Gasteiger partial charge in [-0.05, 0) is 119 Å². The normalized spacial score (nSPS) is 14.4. The van der Waals surface area contributed by atoms with E-state index in [4.69, 9.17) is 10.8 Å². The second-order valence-electron chi connectivity index (χ2n) is 15.9. The van der Waals surface area contributed by atoms with Crippen LogP contribution in [0.1, 0.15) is 82.4 Å². The average Bonchev–Trinajstić information content (AvgIpc) is 3.79. The Morgan fingerprint density at radius 2 is 1.29 bits per heavy atom. The van der Waals surface area contributed by atoms with Crippen molar-refractivity contribution in [2.75, 3.05) is 4.90 Å². The van der Waals surface area contributed by atoms with Crippen LogP contribution in [0, 0.1) is 12.3 Å². The van der Waals surface area contributed by atoms with Crippen molar-refractivity contribution in [1.82, 2.24) is 0 Å². The molecule has 312 valence electrons. The fraction of sp³-hybridized carbons (Fsp3) is 0.148. The molecule has 0 saturated carbocycles. The molecule has 0 N–H and O–H groups in total. The number of hydrogen-bond acceptors (Lipinski definition) is 2. The Bertz CT molecular complexity index is 2900. The molecule has 0 spiro atoms. The standard InChI is InChI=1S/C59H51NO.C2H6/c1-7-11-13-15-16-22-42-28-30-43(31-29-42)46-34-38-51-52-39-37-48(41-55(52)59(5,6)54(51)40-46)60(56-27-19-18-24-45(56)23-17-14-12-8-2)47-35-32-44(33-36-47)50-25-20-26-53-49(10-4)57(21-9-3)61-58(50)53;1-2/h4,7-9,11-17,20-41H,2,18-19H2,1,3,5-6H3;1-2H3/b11-7-,14-12-,15-13-,21-9-,22-16+,23-17-;. The summed E-state index contributed by atoms with van der Waals surface area (Å²) in [5.74, 6) is 3.56. The van der Waals surface area contributed by atoms with Crippen molar-refractivity contribution in [3.05, 3.63) is 228 Å². The molecule has 0 unspecified atom stereocenters. The SMILES string of the molecule is C#Cc1c(/C=C\C)oc2c(-c3ccc(N(C4=CCCC=C4/C=C\C=C/C=C)c4ccc5c(c4)C(C)(C)c4cc(-c6ccc(/C=C/C=C\C=C/C)cc6)ccc4-5)cc3)cccc12.CC. The minimum Gasteiger partial charge on any atom is -0.455 e. The quantitative estimate of drug-likeness (QED) is 0.0903. The highest BCUT2D eigenvalue weighted by Crippen LogP contribution is 2.52. The van der Waals surface area contributed by atoms with Gasteiger partial charge in [-0.2, -0.15) is 0 Å². The minimum atomic E-state index is -0.214. The maximum Gasteiger partial charge on any atom is 0.143 e. The third-order valence-electron chi connectivity index (χ3n) is 11.7. The molecule has 6 aromatic rings. The molecule has 8 rings (SSSR count). The molecule has 0 bridgehead atoms. The first kappa shape index (κ1) is 43.7. The van der Waals surface area contributed by atoms with E-state index >= 15 is 0 Å². The molecule has 0 saturated heterocycles. The predicted molar refractivity (Wildman–Crippen MR) is 274 cm³/mol. The number of hydrogen-bond donors (Lipinski definition) is 0. The van der Waals surface area contributed by atoms with Gasteiger partial charge in [0.2, 0.25) is 0 Å². The van der Waals surface area contributed by atoms with Crippen molar-refractivity contribution >= 4 is 34.5 Å². The first-order valence-corrected chi connectivity index (χ1v) is 22.1. The van der Waals surface area contributed by atoms with E-state index in [0.29, 0.717) is 5.76 Å². The van der Waals surface area contributed by atoms with Gasteiger partial charge in [0.1, 0.15) is 11.3 Å². The molecular formula is C61H57NO. The number of fused-ring (bicyclic) bond motifs is 4. The molecule has 2 aliphatic rings. The second-order valence-corrected chi connectivity index (χ2v) is 15.9. The van der Waals surface area contributed by atoms with Gasteiger partial charge < -0.3 is 9.32 Å². The van der Waals surface area contributed by atoms with Crippen molar-refractivity contribution in [2.45, 2.75) is 59.8 Å². The van der Waals surface area contributed by atoms with Crippen molar-refractivity contribution in [1.29, 1.82) is 0 Å². The van der Waals surface area contributed by atoms with Gasteiger partial charge in [-0.1, -0.05) is 192 Å². The number of nitrogens with zero attached hydrogens (tertiary/aromatic N) is 1. The third kappa shape index (κ3) is 9.02. The number of terminal acetylenes is 1. The van der Waals surface area contributed by atoms with Gasteiger partial charge in [-0.3, -0.25) is 0 Å². The highest BCUT2D eigenvalue weighted by molar-refractivity contribution is 5.98. The highest BCUT2D eigenvalue weighted by Gasteiger charge is 2.36. The summed E-state index contributed by atoms with van der Waals surface area (Å²) in [6.45, 7) is 16.6. The van der Waals surface area contributed by atoms with Crippen molar-refractivity contribution in [2.24, 2.45) is 0 Å². The molecular weight excluding hydrogens is 763 g/mol. The number of rotatable bonds is 12. The van der Waals surface area contributed by atoms with Crippen molar-refractivity contribution < 1.29 is 4.42 Å². The first-order valence-electron chi connectivity index (χ1n) is 22.1. The van der Waals surface area contributed by atoms with Crippen LogP contribution in [0.25, 0.3) is 56.5 Å². The molecule has 0 aliphatic heterocycles. The van der Waals surface area contributed by atoms with Crippen LogP contribution in [0.2, 0.25) is 0 Å². The molecule has 2 heteroatoms. The number of furan rings is 1.